The van der Waals surface area contributed by atoms with Crippen LogP contribution in [0.4, 0.5) is 17.6 Å². The molecule has 0 aliphatic rings. The lowest BCUT2D eigenvalue weighted by molar-refractivity contribution is -0.443. The molecule has 0 rings (SSSR count). The molecule has 0 spiro atoms. The molecule has 114 valence electrons. The van der Waals surface area contributed by atoms with Crippen LogP contribution in [-0.4, -0.2) is 46.6 Å². The fourth-order valence-electron chi connectivity index (χ4n) is 0.835. The Balaban J connectivity index is 5.72. The zero-order chi connectivity index (χ0) is 16.2. The fraction of sp³-hybridized carbons (Fsp3) is 0.400. The number of halogens is 4. The smallest absolute Gasteiger partial charge is 0.390 e. The molecular formula is C10H10F4O6. The van der Waals surface area contributed by atoms with Crippen molar-refractivity contribution in [3.05, 3.63) is 25.3 Å². The molecular weight excluding hydrogens is 292 g/mol. The van der Waals surface area contributed by atoms with Gasteiger partial charge in [0.1, 0.15) is 6.61 Å². The van der Waals surface area contributed by atoms with E-state index < -0.39 is 36.4 Å². The first-order chi connectivity index (χ1) is 8.97. The predicted octanol–water partition coefficient (Wildman–Crippen LogP) is 0.354. The molecule has 10 heteroatoms. The maximum atomic E-state index is 13.5. The summed E-state index contributed by atoms with van der Waals surface area (Å²) in [6.07, 6.45) is 0.500. The lowest BCUT2D eigenvalue weighted by Gasteiger charge is -2.35. The average Bonchev–Trinajstić information content (AvgIpc) is 2.37. The van der Waals surface area contributed by atoms with E-state index in [1.807, 2.05) is 0 Å². The third kappa shape index (κ3) is 3.33. The van der Waals surface area contributed by atoms with Crippen LogP contribution in [0.25, 0.3) is 0 Å². The highest BCUT2D eigenvalue weighted by Gasteiger charge is 2.74. The molecule has 0 heterocycles. The summed E-state index contributed by atoms with van der Waals surface area (Å²) in [5, 5.41) is 17.5. The van der Waals surface area contributed by atoms with Crippen molar-refractivity contribution in [1.29, 1.82) is 0 Å². The summed E-state index contributed by atoms with van der Waals surface area (Å²) >= 11 is 0. The van der Waals surface area contributed by atoms with E-state index in [4.69, 9.17) is 5.11 Å². The van der Waals surface area contributed by atoms with Crippen molar-refractivity contribution in [2.75, 3.05) is 6.61 Å². The van der Waals surface area contributed by atoms with E-state index >= 15 is 0 Å². The molecule has 0 aromatic heterocycles. The average molecular weight is 302 g/mol. The van der Waals surface area contributed by atoms with Gasteiger partial charge in [-0.25, -0.2) is 9.59 Å². The van der Waals surface area contributed by atoms with E-state index in [-0.39, 0.29) is 12.2 Å². The minimum Gasteiger partial charge on any atom is -0.390 e. The largest absolute Gasteiger partial charge is 0.448 e. The van der Waals surface area contributed by atoms with Crippen LogP contribution in [0.3, 0.4) is 0 Å². The minimum atomic E-state index is -5.65. The van der Waals surface area contributed by atoms with Gasteiger partial charge in [0.25, 0.3) is 0 Å². The molecule has 0 aliphatic carbocycles. The molecule has 0 saturated heterocycles. The van der Waals surface area contributed by atoms with E-state index in [2.05, 4.69) is 22.6 Å². The molecule has 2 N–H and O–H groups in total. The minimum absolute atomic E-state index is 0.250. The van der Waals surface area contributed by atoms with Crippen LogP contribution in [0, 0.1) is 0 Å². The van der Waals surface area contributed by atoms with Crippen LogP contribution in [-0.2, 0) is 19.1 Å². The van der Waals surface area contributed by atoms with E-state index in [0.717, 1.165) is 0 Å². The van der Waals surface area contributed by atoms with Crippen molar-refractivity contribution in [3.63, 3.8) is 0 Å². The first-order valence-corrected chi connectivity index (χ1v) is 4.77. The third-order valence-corrected chi connectivity index (χ3v) is 1.87. The topological polar surface area (TPSA) is 93.1 Å². The number of alkyl halides is 4. The Labute approximate surface area is 109 Å². The standard InChI is InChI=1S/C10H10F4O6/c1-3-6(16)19-10(18,20-7(17)4-2)9(13,14)8(11,12)5-15/h3-4,15,18H,1-2,5H2. The monoisotopic (exact) mass is 302 g/mol. The van der Waals surface area contributed by atoms with Gasteiger partial charge >= 0.3 is 29.8 Å². The Kier molecular flexibility index (Phi) is 5.43. The Morgan fingerprint density at radius 1 is 1.05 bits per heavy atom. The van der Waals surface area contributed by atoms with Gasteiger partial charge in [0.15, 0.2) is 0 Å². The van der Waals surface area contributed by atoms with Crippen molar-refractivity contribution in [2.24, 2.45) is 0 Å². The van der Waals surface area contributed by atoms with Crippen molar-refractivity contribution >= 4 is 11.9 Å². The van der Waals surface area contributed by atoms with Crippen LogP contribution in [0.2, 0.25) is 0 Å². The number of aliphatic hydroxyl groups is 2. The Morgan fingerprint density at radius 3 is 1.65 bits per heavy atom. The Morgan fingerprint density at radius 2 is 1.40 bits per heavy atom. The van der Waals surface area contributed by atoms with Gasteiger partial charge < -0.3 is 19.7 Å². The van der Waals surface area contributed by atoms with E-state index in [1.165, 1.54) is 0 Å². The van der Waals surface area contributed by atoms with Crippen LogP contribution < -0.4 is 0 Å². The van der Waals surface area contributed by atoms with Crippen molar-refractivity contribution in [2.45, 2.75) is 17.8 Å². The van der Waals surface area contributed by atoms with Crippen molar-refractivity contribution in [1.82, 2.24) is 0 Å². The van der Waals surface area contributed by atoms with Gasteiger partial charge in [-0.2, -0.15) is 17.6 Å². The number of esters is 2. The van der Waals surface area contributed by atoms with Crippen LogP contribution in [0.15, 0.2) is 25.3 Å². The molecule has 0 aromatic rings. The van der Waals surface area contributed by atoms with E-state index in [0.29, 0.717) is 0 Å². The second-order valence-electron chi connectivity index (χ2n) is 3.27. The maximum absolute atomic E-state index is 13.5. The molecule has 0 radical (unpaired) electrons. The van der Waals surface area contributed by atoms with Gasteiger partial charge in [0, 0.05) is 12.2 Å². The van der Waals surface area contributed by atoms with Crippen LogP contribution in [0.1, 0.15) is 0 Å². The first-order valence-electron chi connectivity index (χ1n) is 4.77. The number of aliphatic hydroxyl groups excluding tert-OH is 1. The highest BCUT2D eigenvalue weighted by molar-refractivity contribution is 5.83. The van der Waals surface area contributed by atoms with Crippen molar-refractivity contribution < 1.29 is 46.8 Å². The normalized spacial score (nSPS) is 12.5. The number of rotatable bonds is 7. The summed E-state index contributed by atoms with van der Waals surface area (Å²) in [5.74, 6) is -19.1. The van der Waals surface area contributed by atoms with Crippen LogP contribution >= 0.6 is 0 Å². The van der Waals surface area contributed by atoms with Gasteiger partial charge in [-0.15, -0.1) is 0 Å². The van der Waals surface area contributed by atoms with E-state index in [9.17, 15) is 32.3 Å². The number of hydrogen-bond acceptors (Lipinski definition) is 6. The second-order valence-corrected chi connectivity index (χ2v) is 3.27. The first kappa shape index (κ1) is 18.1. The Hall–Kier alpha value is -1.94. The quantitative estimate of drug-likeness (QED) is 0.305. The fourth-order valence-corrected chi connectivity index (χ4v) is 0.835. The lowest BCUT2D eigenvalue weighted by atomic mass is 10.1. The molecule has 0 aromatic carbocycles. The number of carbonyl (C=O) groups is 2. The van der Waals surface area contributed by atoms with Gasteiger partial charge in [0.05, 0.1) is 0 Å². The molecule has 0 amide bonds. The molecule has 0 atom stereocenters. The third-order valence-electron chi connectivity index (χ3n) is 1.87. The zero-order valence-electron chi connectivity index (χ0n) is 9.82. The van der Waals surface area contributed by atoms with Crippen molar-refractivity contribution in [3.8, 4) is 0 Å². The molecule has 0 saturated carbocycles. The predicted molar refractivity (Wildman–Crippen MR) is 54.5 cm³/mol. The van der Waals surface area contributed by atoms with Gasteiger partial charge in [-0.05, 0) is 0 Å². The van der Waals surface area contributed by atoms with E-state index in [1.54, 1.807) is 0 Å². The molecule has 6 nitrogen and oxygen atoms in total. The number of ether oxygens (including phenoxy) is 2. The highest BCUT2D eigenvalue weighted by atomic mass is 19.3. The molecule has 0 bridgehead atoms. The zero-order valence-corrected chi connectivity index (χ0v) is 9.82. The van der Waals surface area contributed by atoms with Gasteiger partial charge in [0.2, 0.25) is 0 Å². The van der Waals surface area contributed by atoms with Gasteiger partial charge in [-0.1, -0.05) is 13.2 Å². The summed E-state index contributed by atoms with van der Waals surface area (Å²) in [4.78, 5) is 21.6. The number of carbonyl (C=O) groups excluding carboxylic acids is 2. The summed E-state index contributed by atoms with van der Waals surface area (Å²) in [7, 11) is 0. The molecule has 0 aliphatic heterocycles. The van der Waals surface area contributed by atoms with Crippen LogP contribution in [0.5, 0.6) is 0 Å². The summed E-state index contributed by atoms with van der Waals surface area (Å²) in [6, 6.07) is 0. The summed E-state index contributed by atoms with van der Waals surface area (Å²) in [6.45, 7) is 3.14. The van der Waals surface area contributed by atoms with Gasteiger partial charge in [-0.3, -0.25) is 0 Å². The number of hydrogen-bond donors (Lipinski definition) is 2. The maximum Gasteiger partial charge on any atom is 0.448 e. The molecule has 0 fully saturated rings. The molecule has 0 unspecified atom stereocenters. The SMILES string of the molecule is C=CC(=O)OC(O)(OC(=O)C=C)C(F)(F)C(F)(F)CO. The molecule has 20 heavy (non-hydrogen) atoms. The summed E-state index contributed by atoms with van der Waals surface area (Å²) in [5.41, 5.74) is 0. The lowest BCUT2D eigenvalue weighted by Crippen LogP contribution is -2.63. The summed E-state index contributed by atoms with van der Waals surface area (Å²) < 4.78 is 60.0. The highest BCUT2D eigenvalue weighted by Crippen LogP contribution is 2.43. The second kappa shape index (κ2) is 6.01. The Bertz CT molecular complexity index is 398.